The largest absolute Gasteiger partial charge is 0.372 e. The van der Waals surface area contributed by atoms with Crippen LogP contribution in [0.3, 0.4) is 0 Å². The molecule has 1 aliphatic rings. The summed E-state index contributed by atoms with van der Waals surface area (Å²) in [6, 6.07) is 18.7. The predicted molar refractivity (Wildman–Crippen MR) is 148 cm³/mol. The van der Waals surface area contributed by atoms with Crippen LogP contribution in [0, 0.1) is 0 Å². The molecule has 0 bridgehead atoms. The number of rotatable bonds is 10. The number of azo groups is 2. The molecule has 0 radical (unpaired) electrons. The highest BCUT2D eigenvalue weighted by Crippen LogP contribution is 2.39. The average molecular weight is 503 g/mol. The number of unbranched alkanes of at least 4 members (excludes halogenated alkanes) is 3. The van der Waals surface area contributed by atoms with Crippen molar-refractivity contribution in [3.8, 4) is 0 Å². The van der Waals surface area contributed by atoms with Gasteiger partial charge in [-0.2, -0.15) is 0 Å². The number of thiophene rings is 1. The van der Waals surface area contributed by atoms with Crippen LogP contribution in [0.2, 0.25) is 0 Å². The van der Waals surface area contributed by atoms with Crippen molar-refractivity contribution in [2.75, 3.05) is 18.0 Å². The molecule has 0 saturated carbocycles. The normalized spacial score (nSPS) is 14.3. The van der Waals surface area contributed by atoms with Crippen molar-refractivity contribution in [2.45, 2.75) is 51.9 Å². The van der Waals surface area contributed by atoms with Gasteiger partial charge in [0.2, 0.25) is 5.13 Å². The Kier molecular flexibility index (Phi) is 7.90. The summed E-state index contributed by atoms with van der Waals surface area (Å²) < 4.78 is 1.06. The van der Waals surface area contributed by atoms with Crippen molar-refractivity contribution in [3.05, 3.63) is 60.2 Å². The first kappa shape index (κ1) is 23.8. The first-order valence-corrected chi connectivity index (χ1v) is 14.1. The molecule has 0 unspecified atom stereocenters. The average Bonchev–Trinajstić information content (AvgIpc) is 3.63. The van der Waals surface area contributed by atoms with Crippen LogP contribution in [-0.4, -0.2) is 18.1 Å². The van der Waals surface area contributed by atoms with Crippen LogP contribution in [-0.2, 0) is 6.42 Å². The van der Waals surface area contributed by atoms with Crippen molar-refractivity contribution in [1.29, 1.82) is 0 Å². The summed E-state index contributed by atoms with van der Waals surface area (Å²) in [5.74, 6) is 0. The quantitative estimate of drug-likeness (QED) is 0.160. The fourth-order valence-electron chi connectivity index (χ4n) is 4.20. The zero-order valence-corrected chi connectivity index (χ0v) is 21.7. The molecule has 0 atom stereocenters. The number of aryl methyl sites for hydroxylation is 1. The van der Waals surface area contributed by atoms with Gasteiger partial charge in [-0.3, -0.25) is 0 Å². The molecule has 35 heavy (non-hydrogen) atoms. The van der Waals surface area contributed by atoms with E-state index in [1.54, 1.807) is 0 Å². The lowest BCUT2D eigenvalue weighted by atomic mass is 10.1. The number of fused-ring (bicyclic) bond motifs is 1. The van der Waals surface area contributed by atoms with Gasteiger partial charge in [0.15, 0.2) is 0 Å². The molecule has 4 aromatic rings. The number of benzene rings is 2. The molecule has 1 fully saturated rings. The molecule has 3 heterocycles. The fraction of sp³-hybridized carbons (Fsp3) is 0.370. The molecule has 180 valence electrons. The molecule has 2 aromatic heterocycles. The van der Waals surface area contributed by atoms with E-state index in [1.165, 1.54) is 72.4 Å². The summed E-state index contributed by atoms with van der Waals surface area (Å²) in [5, 5.41) is 19.0. The summed E-state index contributed by atoms with van der Waals surface area (Å²) in [4.78, 5) is 7.94. The molecule has 1 aliphatic heterocycles. The predicted octanol–water partition coefficient (Wildman–Crippen LogP) is 9.91. The summed E-state index contributed by atoms with van der Waals surface area (Å²) in [5.41, 5.74) is 4.34. The summed E-state index contributed by atoms with van der Waals surface area (Å²) in [6.45, 7) is 4.53. The van der Waals surface area contributed by atoms with E-state index in [1.807, 2.05) is 30.3 Å². The summed E-state index contributed by atoms with van der Waals surface area (Å²) >= 11 is 3.05. The van der Waals surface area contributed by atoms with Gasteiger partial charge in [-0.25, -0.2) is 4.98 Å². The van der Waals surface area contributed by atoms with E-state index >= 15 is 0 Å². The smallest absolute Gasteiger partial charge is 0.231 e. The molecule has 5 rings (SSSR count). The maximum atomic E-state index is 4.60. The second-order valence-corrected chi connectivity index (χ2v) is 10.9. The first-order valence-electron chi connectivity index (χ1n) is 12.4. The number of anilines is 1. The molecular formula is C27H30N6S2. The zero-order valence-electron chi connectivity index (χ0n) is 20.1. The van der Waals surface area contributed by atoms with Gasteiger partial charge in [0, 0.05) is 18.8 Å². The van der Waals surface area contributed by atoms with E-state index in [0.29, 0.717) is 5.13 Å². The topological polar surface area (TPSA) is 65.6 Å². The standard InChI is InChI=1S/C27H30N6S2/c1-2-3-4-5-8-20-9-11-21(12-10-20)29-31-25-19-24-26(35-25)28-27(34-24)32-30-22-13-15-23(16-14-22)33-17-6-7-18-33/h9-16,19H,2-8,17-18H2,1H3. The van der Waals surface area contributed by atoms with Crippen LogP contribution >= 0.6 is 22.7 Å². The highest BCUT2D eigenvalue weighted by molar-refractivity contribution is 7.30. The molecule has 1 saturated heterocycles. The Balaban J connectivity index is 1.17. The van der Waals surface area contributed by atoms with Gasteiger partial charge in [-0.1, -0.05) is 61.0 Å². The molecule has 6 nitrogen and oxygen atoms in total. The highest BCUT2D eigenvalue weighted by atomic mass is 32.1. The molecule has 0 N–H and O–H groups in total. The number of hydrogen-bond donors (Lipinski definition) is 0. The molecular weight excluding hydrogens is 472 g/mol. The Morgan fingerprint density at radius 3 is 2.23 bits per heavy atom. The van der Waals surface area contributed by atoms with Gasteiger partial charge in [0.1, 0.15) is 9.83 Å². The lowest BCUT2D eigenvalue weighted by molar-refractivity contribution is 0.667. The third kappa shape index (κ3) is 6.38. The van der Waals surface area contributed by atoms with Gasteiger partial charge < -0.3 is 4.90 Å². The number of aromatic nitrogens is 1. The number of thiazole rings is 1. The highest BCUT2D eigenvalue weighted by Gasteiger charge is 2.12. The van der Waals surface area contributed by atoms with Crippen molar-refractivity contribution < 1.29 is 0 Å². The minimum atomic E-state index is 0.660. The van der Waals surface area contributed by atoms with Gasteiger partial charge >= 0.3 is 0 Å². The van der Waals surface area contributed by atoms with Gasteiger partial charge in [-0.05, 0) is 73.7 Å². The molecule has 2 aromatic carbocycles. The number of nitrogens with zero attached hydrogens (tertiary/aromatic N) is 6. The molecule has 0 aliphatic carbocycles. The second-order valence-electron chi connectivity index (χ2n) is 8.84. The fourth-order valence-corrected chi connectivity index (χ4v) is 6.05. The van der Waals surface area contributed by atoms with E-state index in [-0.39, 0.29) is 0 Å². The van der Waals surface area contributed by atoms with Crippen LogP contribution in [0.25, 0.3) is 9.53 Å². The summed E-state index contributed by atoms with van der Waals surface area (Å²) in [6.07, 6.45) is 8.82. The van der Waals surface area contributed by atoms with Crippen LogP contribution in [0.5, 0.6) is 0 Å². The summed E-state index contributed by atoms with van der Waals surface area (Å²) in [7, 11) is 0. The third-order valence-corrected chi connectivity index (χ3v) is 8.09. The van der Waals surface area contributed by atoms with E-state index in [2.05, 4.69) is 61.5 Å². The molecule has 0 spiro atoms. The number of hydrogen-bond acceptors (Lipinski definition) is 8. The van der Waals surface area contributed by atoms with E-state index in [4.69, 9.17) is 0 Å². The van der Waals surface area contributed by atoms with Crippen molar-refractivity contribution in [2.24, 2.45) is 20.5 Å². The Bertz CT molecular complexity index is 1250. The van der Waals surface area contributed by atoms with Gasteiger partial charge in [-0.15, -0.1) is 20.5 Å². The van der Waals surface area contributed by atoms with Crippen LogP contribution in [0.4, 0.5) is 27.2 Å². The van der Waals surface area contributed by atoms with Gasteiger partial charge in [0.05, 0.1) is 16.1 Å². The maximum Gasteiger partial charge on any atom is 0.231 e. The minimum Gasteiger partial charge on any atom is -0.372 e. The minimum absolute atomic E-state index is 0.660. The van der Waals surface area contributed by atoms with E-state index < -0.39 is 0 Å². The lowest BCUT2D eigenvalue weighted by Crippen LogP contribution is -2.17. The van der Waals surface area contributed by atoms with Gasteiger partial charge in [0.25, 0.3) is 0 Å². The Morgan fingerprint density at radius 1 is 0.800 bits per heavy atom. The second kappa shape index (κ2) is 11.6. The Morgan fingerprint density at radius 2 is 1.51 bits per heavy atom. The third-order valence-electron chi connectivity index (χ3n) is 6.16. The van der Waals surface area contributed by atoms with Crippen molar-refractivity contribution in [3.63, 3.8) is 0 Å². The van der Waals surface area contributed by atoms with E-state index in [0.717, 1.165) is 45.4 Å². The monoisotopic (exact) mass is 502 g/mol. The van der Waals surface area contributed by atoms with Crippen LogP contribution < -0.4 is 4.90 Å². The van der Waals surface area contributed by atoms with Crippen LogP contribution in [0.15, 0.2) is 75.1 Å². The van der Waals surface area contributed by atoms with E-state index in [9.17, 15) is 0 Å². The Hall–Kier alpha value is -2.97. The van der Waals surface area contributed by atoms with Crippen molar-refractivity contribution in [1.82, 2.24) is 4.98 Å². The zero-order chi connectivity index (χ0) is 23.9. The lowest BCUT2D eigenvalue weighted by Gasteiger charge is -2.17. The SMILES string of the molecule is CCCCCCc1ccc(N=Nc2cc3sc(N=Nc4ccc(N5CCCC5)cc4)nc3s2)cc1. The molecule has 8 heteroatoms. The molecule has 0 amide bonds. The van der Waals surface area contributed by atoms with Crippen molar-refractivity contribution >= 4 is 59.4 Å². The van der Waals surface area contributed by atoms with Crippen LogP contribution in [0.1, 0.15) is 51.0 Å². The Labute approximate surface area is 214 Å². The maximum absolute atomic E-state index is 4.60. The first-order chi connectivity index (χ1) is 17.3.